The summed E-state index contributed by atoms with van der Waals surface area (Å²) in [6, 6.07) is 16.7. The Bertz CT molecular complexity index is 1270. The lowest BCUT2D eigenvalue weighted by Gasteiger charge is -2.23. The molecule has 0 spiro atoms. The molecule has 0 heterocycles. The number of rotatable bonds is 6. The van der Waals surface area contributed by atoms with Gasteiger partial charge in [0.2, 0.25) is 0 Å². The van der Waals surface area contributed by atoms with E-state index >= 15 is 0 Å². The number of carboxylic acids is 1. The van der Waals surface area contributed by atoms with Gasteiger partial charge in [0.25, 0.3) is 0 Å². The Hall–Kier alpha value is -4.00. The highest BCUT2D eigenvalue weighted by molar-refractivity contribution is 6.01. The number of anilines is 2. The van der Waals surface area contributed by atoms with E-state index in [1.807, 2.05) is 31.2 Å². The van der Waals surface area contributed by atoms with Crippen LogP contribution in [0, 0.1) is 18.7 Å². The topological polar surface area (TPSA) is 95.5 Å². The van der Waals surface area contributed by atoms with E-state index in [2.05, 4.69) is 10.6 Å². The van der Waals surface area contributed by atoms with E-state index in [0.29, 0.717) is 36.1 Å². The minimum Gasteiger partial charge on any atom is -0.481 e. The molecule has 7 heteroatoms. The van der Waals surface area contributed by atoms with Gasteiger partial charge in [-0.25, -0.2) is 9.18 Å². The Morgan fingerprint density at radius 1 is 1.03 bits per heavy atom. The number of hydrogen-bond acceptors (Lipinski definition) is 3. The Labute approximate surface area is 196 Å². The van der Waals surface area contributed by atoms with Crippen LogP contribution in [0.2, 0.25) is 0 Å². The number of carbonyl (C=O) groups is 3. The summed E-state index contributed by atoms with van der Waals surface area (Å²) in [7, 11) is 0. The predicted molar refractivity (Wildman–Crippen MR) is 129 cm³/mol. The molecule has 3 aromatic carbocycles. The minimum atomic E-state index is -0.901. The summed E-state index contributed by atoms with van der Waals surface area (Å²) in [5, 5.41) is 14.1. The van der Waals surface area contributed by atoms with Crippen LogP contribution in [0.4, 0.5) is 20.6 Å². The average Bonchev–Trinajstić information content (AvgIpc) is 2.79. The molecule has 0 fully saturated rings. The molecule has 1 aliphatic carbocycles. The Morgan fingerprint density at radius 3 is 2.53 bits per heavy atom. The molecule has 3 N–H and O–H groups in total. The van der Waals surface area contributed by atoms with Crippen molar-refractivity contribution < 1.29 is 23.9 Å². The van der Waals surface area contributed by atoms with Crippen LogP contribution in [-0.4, -0.2) is 22.9 Å². The van der Waals surface area contributed by atoms with Gasteiger partial charge in [-0.15, -0.1) is 0 Å². The number of Topliss-reactive ketones (excluding diaryl/α,β-unsaturated/α-hetero) is 1. The average molecular weight is 461 g/mol. The molecular weight excluding hydrogens is 435 g/mol. The van der Waals surface area contributed by atoms with Crippen LogP contribution in [0.1, 0.15) is 40.7 Å². The molecule has 174 valence electrons. The molecule has 3 aromatic rings. The summed E-state index contributed by atoms with van der Waals surface area (Å²) in [5.74, 6) is -1.77. The van der Waals surface area contributed by atoms with Crippen molar-refractivity contribution in [2.24, 2.45) is 5.92 Å². The van der Waals surface area contributed by atoms with Crippen LogP contribution in [0.25, 0.3) is 11.1 Å². The Kier molecular flexibility index (Phi) is 6.72. The van der Waals surface area contributed by atoms with Crippen LogP contribution in [0.5, 0.6) is 0 Å². The highest BCUT2D eigenvalue weighted by Crippen LogP contribution is 2.32. The number of benzene rings is 3. The molecule has 0 bridgehead atoms. The number of carbonyl (C=O) groups excluding carboxylic acids is 2. The molecule has 0 radical (unpaired) electrons. The maximum Gasteiger partial charge on any atom is 0.323 e. The van der Waals surface area contributed by atoms with Crippen molar-refractivity contribution in [2.75, 3.05) is 10.6 Å². The lowest BCUT2D eigenvalue weighted by molar-refractivity contribution is -0.137. The van der Waals surface area contributed by atoms with Gasteiger partial charge in [-0.05, 0) is 72.7 Å². The van der Waals surface area contributed by atoms with E-state index in [9.17, 15) is 18.8 Å². The van der Waals surface area contributed by atoms with Gasteiger partial charge in [0, 0.05) is 23.6 Å². The zero-order valence-electron chi connectivity index (χ0n) is 18.7. The monoisotopic (exact) mass is 460 g/mol. The molecule has 0 saturated heterocycles. The third-order valence-corrected chi connectivity index (χ3v) is 6.04. The number of hydrogen-bond donors (Lipinski definition) is 3. The third kappa shape index (κ3) is 5.31. The molecule has 0 aliphatic heterocycles. The summed E-state index contributed by atoms with van der Waals surface area (Å²) < 4.78 is 14.8. The molecule has 1 atom stereocenters. The van der Waals surface area contributed by atoms with Crippen LogP contribution < -0.4 is 10.6 Å². The number of aliphatic carboxylic acids is 1. The number of halogens is 1. The SMILES string of the molecule is Cc1cccc(NC(=O)Nc2ccc(-c3ccc4c(c3)CCC(CCC(=O)O)C4=O)cc2F)c1. The van der Waals surface area contributed by atoms with Gasteiger partial charge in [0.15, 0.2) is 5.78 Å². The molecule has 34 heavy (non-hydrogen) atoms. The van der Waals surface area contributed by atoms with Gasteiger partial charge in [-0.1, -0.05) is 36.4 Å². The second kappa shape index (κ2) is 9.87. The Morgan fingerprint density at radius 2 is 1.79 bits per heavy atom. The van der Waals surface area contributed by atoms with E-state index in [-0.39, 0.29) is 23.8 Å². The normalized spacial score (nSPS) is 14.9. The Balaban J connectivity index is 1.46. The first-order valence-corrected chi connectivity index (χ1v) is 11.1. The lowest BCUT2D eigenvalue weighted by atomic mass is 9.79. The van der Waals surface area contributed by atoms with Crippen LogP contribution in [0.3, 0.4) is 0 Å². The van der Waals surface area contributed by atoms with Gasteiger partial charge in [-0.2, -0.15) is 0 Å². The third-order valence-electron chi connectivity index (χ3n) is 6.04. The fourth-order valence-corrected chi connectivity index (χ4v) is 4.28. The molecule has 6 nitrogen and oxygen atoms in total. The van der Waals surface area contributed by atoms with E-state index in [1.54, 1.807) is 24.3 Å². The van der Waals surface area contributed by atoms with Crippen LogP contribution in [0.15, 0.2) is 60.7 Å². The van der Waals surface area contributed by atoms with Gasteiger partial charge in [-0.3, -0.25) is 9.59 Å². The van der Waals surface area contributed by atoms with Crippen molar-refractivity contribution in [2.45, 2.75) is 32.6 Å². The van der Waals surface area contributed by atoms with Crippen molar-refractivity contribution >= 4 is 29.2 Å². The molecule has 2 amide bonds. The molecule has 0 saturated carbocycles. The number of aryl methyl sites for hydroxylation is 2. The number of ketones is 1. The highest BCUT2D eigenvalue weighted by atomic mass is 19.1. The number of urea groups is 1. The van der Waals surface area contributed by atoms with E-state index in [4.69, 9.17) is 5.11 Å². The summed E-state index contributed by atoms with van der Waals surface area (Å²) in [6.07, 6.45) is 1.59. The molecule has 4 rings (SSSR count). The molecule has 1 unspecified atom stereocenters. The van der Waals surface area contributed by atoms with Gasteiger partial charge < -0.3 is 15.7 Å². The largest absolute Gasteiger partial charge is 0.481 e. The number of nitrogens with one attached hydrogen (secondary N) is 2. The first kappa shape index (κ1) is 23.2. The van der Waals surface area contributed by atoms with Gasteiger partial charge >= 0.3 is 12.0 Å². The van der Waals surface area contributed by atoms with Crippen LogP contribution in [-0.2, 0) is 11.2 Å². The first-order chi connectivity index (χ1) is 16.3. The molecule has 0 aromatic heterocycles. The maximum atomic E-state index is 14.8. The second-order valence-corrected chi connectivity index (χ2v) is 8.55. The van der Waals surface area contributed by atoms with E-state index in [0.717, 1.165) is 16.7 Å². The zero-order valence-corrected chi connectivity index (χ0v) is 18.7. The van der Waals surface area contributed by atoms with Crippen molar-refractivity contribution in [3.63, 3.8) is 0 Å². The van der Waals surface area contributed by atoms with Gasteiger partial charge in [0.1, 0.15) is 5.82 Å². The molecular formula is C27H25FN2O4. The van der Waals surface area contributed by atoms with Crippen molar-refractivity contribution in [3.8, 4) is 11.1 Å². The van der Waals surface area contributed by atoms with Crippen LogP contribution >= 0.6 is 0 Å². The predicted octanol–water partition coefficient (Wildman–Crippen LogP) is 6.06. The summed E-state index contributed by atoms with van der Waals surface area (Å²) in [6.45, 7) is 1.91. The number of carboxylic acid groups (broad SMARTS) is 1. The summed E-state index contributed by atoms with van der Waals surface area (Å²) in [4.78, 5) is 35.8. The highest BCUT2D eigenvalue weighted by Gasteiger charge is 2.27. The van der Waals surface area contributed by atoms with Gasteiger partial charge in [0.05, 0.1) is 5.69 Å². The second-order valence-electron chi connectivity index (χ2n) is 8.55. The van der Waals surface area contributed by atoms with Crippen molar-refractivity contribution in [1.82, 2.24) is 0 Å². The first-order valence-electron chi connectivity index (χ1n) is 11.1. The van der Waals surface area contributed by atoms with Crippen molar-refractivity contribution in [1.29, 1.82) is 0 Å². The number of fused-ring (bicyclic) bond motifs is 1. The minimum absolute atomic E-state index is 0.0213. The number of amides is 2. The standard InChI is InChI=1S/C27H25FN2O4/c1-16-3-2-4-21(13-16)29-27(34)30-24-11-8-19(15-23(24)28)18-7-10-22-20(14-18)6-5-17(26(22)33)9-12-25(31)32/h2-4,7-8,10-11,13-15,17H,5-6,9,12H2,1H3,(H,31,32)(H2,29,30,34). The lowest BCUT2D eigenvalue weighted by Crippen LogP contribution is -2.23. The quantitative estimate of drug-likeness (QED) is 0.417. The zero-order chi connectivity index (χ0) is 24.2. The maximum absolute atomic E-state index is 14.8. The fraction of sp³-hybridized carbons (Fsp3) is 0.222. The molecule has 1 aliphatic rings. The summed E-state index contributed by atoms with van der Waals surface area (Å²) >= 11 is 0. The van der Waals surface area contributed by atoms with E-state index in [1.165, 1.54) is 12.1 Å². The fourth-order valence-electron chi connectivity index (χ4n) is 4.28. The smallest absolute Gasteiger partial charge is 0.323 e. The summed E-state index contributed by atoms with van der Waals surface area (Å²) in [5.41, 5.74) is 4.56. The van der Waals surface area contributed by atoms with E-state index < -0.39 is 17.8 Å². The van der Waals surface area contributed by atoms with Crippen molar-refractivity contribution in [3.05, 3.63) is 83.2 Å².